The molecule has 138 valence electrons. The van der Waals surface area contributed by atoms with Gasteiger partial charge < -0.3 is 11.1 Å². The maximum absolute atomic E-state index is 12.9. The van der Waals surface area contributed by atoms with Crippen molar-refractivity contribution in [2.75, 3.05) is 0 Å². The first kappa shape index (κ1) is 17.5. The first-order valence-electron chi connectivity index (χ1n) is 9.28. The third kappa shape index (κ3) is 3.12. The Hall–Kier alpha value is -1.92. The van der Waals surface area contributed by atoms with Crippen LogP contribution in [0.5, 0.6) is 0 Å². The minimum absolute atomic E-state index is 0.154. The lowest BCUT2D eigenvalue weighted by atomic mass is 9.67. The summed E-state index contributed by atoms with van der Waals surface area (Å²) in [6.07, 6.45) is 5.50. The Kier molecular flexibility index (Phi) is 4.71. The highest BCUT2D eigenvalue weighted by Crippen LogP contribution is 2.39. The number of hydrogen-bond acceptors (Lipinski definition) is 4. The van der Waals surface area contributed by atoms with Crippen LogP contribution in [0.25, 0.3) is 5.69 Å². The summed E-state index contributed by atoms with van der Waals surface area (Å²) in [7, 11) is 0. The summed E-state index contributed by atoms with van der Waals surface area (Å²) >= 11 is 6.25. The van der Waals surface area contributed by atoms with Crippen LogP contribution in [0.2, 0.25) is 5.02 Å². The number of rotatable bonds is 3. The summed E-state index contributed by atoms with van der Waals surface area (Å²) in [5.41, 5.74) is 7.95. The second-order valence-electron chi connectivity index (χ2n) is 7.57. The van der Waals surface area contributed by atoms with Crippen LogP contribution in [0.1, 0.15) is 48.3 Å². The molecule has 2 atom stereocenters. The van der Waals surface area contributed by atoms with Gasteiger partial charge in [0.05, 0.1) is 16.4 Å². The Morgan fingerprint density at radius 1 is 1.27 bits per heavy atom. The number of nitrogens with two attached hydrogens (primary N) is 1. The molecule has 0 saturated heterocycles. The third-order valence-corrected chi connectivity index (χ3v) is 6.18. The predicted molar refractivity (Wildman–Crippen MR) is 100 cm³/mol. The summed E-state index contributed by atoms with van der Waals surface area (Å²) in [6.45, 7) is 1.84. The van der Waals surface area contributed by atoms with E-state index in [1.807, 2.05) is 25.1 Å². The molecule has 1 aromatic heterocycles. The Bertz CT molecular complexity index is 806. The van der Waals surface area contributed by atoms with E-state index in [1.54, 1.807) is 10.7 Å². The van der Waals surface area contributed by atoms with Crippen molar-refractivity contribution in [3.05, 3.63) is 40.7 Å². The van der Waals surface area contributed by atoms with Crippen molar-refractivity contribution in [1.82, 2.24) is 20.3 Å². The van der Waals surface area contributed by atoms with Crippen LogP contribution in [0.4, 0.5) is 0 Å². The lowest BCUT2D eigenvalue weighted by Gasteiger charge is -2.45. The van der Waals surface area contributed by atoms with Gasteiger partial charge in [-0.2, -0.15) is 0 Å². The van der Waals surface area contributed by atoms with E-state index in [2.05, 4.69) is 15.6 Å². The molecule has 2 aliphatic carbocycles. The fourth-order valence-corrected chi connectivity index (χ4v) is 4.85. The molecular weight excluding hydrogens is 350 g/mol. The van der Waals surface area contributed by atoms with Gasteiger partial charge in [-0.1, -0.05) is 35.4 Å². The number of amides is 1. The van der Waals surface area contributed by atoms with Crippen molar-refractivity contribution in [2.45, 2.75) is 51.1 Å². The van der Waals surface area contributed by atoms with Crippen molar-refractivity contribution >= 4 is 17.5 Å². The maximum atomic E-state index is 12.9. The average molecular weight is 374 g/mol. The molecule has 0 radical (unpaired) electrons. The molecule has 2 bridgehead atoms. The molecule has 4 rings (SSSR count). The first-order chi connectivity index (χ1) is 12.5. The van der Waals surface area contributed by atoms with Gasteiger partial charge in [-0.15, -0.1) is 5.10 Å². The van der Waals surface area contributed by atoms with Crippen LogP contribution in [0.15, 0.2) is 24.3 Å². The predicted octanol–water partition coefficient (Wildman–Crippen LogP) is 2.86. The van der Waals surface area contributed by atoms with E-state index in [-0.39, 0.29) is 18.0 Å². The SMILES string of the molecule is Cc1c(C(=O)NC2C3CCCC2CC(N)C3)nnn1-c1ccccc1Cl. The van der Waals surface area contributed by atoms with Crippen molar-refractivity contribution in [1.29, 1.82) is 0 Å². The highest BCUT2D eigenvalue weighted by atomic mass is 35.5. The fraction of sp³-hybridized carbons (Fsp3) is 0.526. The van der Waals surface area contributed by atoms with Crippen LogP contribution < -0.4 is 11.1 Å². The topological polar surface area (TPSA) is 85.8 Å². The number of nitrogens with one attached hydrogen (secondary N) is 1. The van der Waals surface area contributed by atoms with Crippen molar-refractivity contribution in [3.63, 3.8) is 0 Å². The molecule has 1 heterocycles. The maximum Gasteiger partial charge on any atom is 0.274 e. The number of nitrogens with zero attached hydrogens (tertiary/aromatic N) is 3. The van der Waals surface area contributed by atoms with Gasteiger partial charge >= 0.3 is 0 Å². The van der Waals surface area contributed by atoms with Crippen LogP contribution in [0.3, 0.4) is 0 Å². The molecule has 2 aliphatic rings. The zero-order valence-corrected chi connectivity index (χ0v) is 15.6. The lowest BCUT2D eigenvalue weighted by Crippen LogP contribution is -2.53. The Morgan fingerprint density at radius 3 is 2.65 bits per heavy atom. The van der Waals surface area contributed by atoms with Gasteiger partial charge in [0.2, 0.25) is 0 Å². The fourth-order valence-electron chi connectivity index (χ4n) is 4.64. The van der Waals surface area contributed by atoms with Gasteiger partial charge in [-0.05, 0) is 56.6 Å². The summed E-state index contributed by atoms with van der Waals surface area (Å²) in [5.74, 6) is 0.791. The molecule has 7 heteroatoms. The number of benzene rings is 1. The van der Waals surface area contributed by atoms with Gasteiger partial charge in [0.15, 0.2) is 5.69 Å². The van der Waals surface area contributed by atoms with Crippen molar-refractivity contribution in [3.8, 4) is 5.69 Å². The van der Waals surface area contributed by atoms with Crippen molar-refractivity contribution < 1.29 is 4.79 Å². The van der Waals surface area contributed by atoms with Gasteiger partial charge in [-0.25, -0.2) is 4.68 Å². The molecule has 0 spiro atoms. The Labute approximate surface area is 158 Å². The highest BCUT2D eigenvalue weighted by Gasteiger charge is 2.40. The number of hydrogen-bond donors (Lipinski definition) is 2. The van der Waals surface area contributed by atoms with Gasteiger partial charge in [0.1, 0.15) is 0 Å². The summed E-state index contributed by atoms with van der Waals surface area (Å²) in [4.78, 5) is 12.9. The highest BCUT2D eigenvalue weighted by molar-refractivity contribution is 6.32. The van der Waals surface area contributed by atoms with E-state index in [0.717, 1.165) is 31.4 Å². The molecule has 26 heavy (non-hydrogen) atoms. The van der Waals surface area contributed by atoms with Crippen LogP contribution >= 0.6 is 11.6 Å². The molecule has 2 saturated carbocycles. The number of para-hydroxylation sites is 1. The number of aromatic nitrogens is 3. The second-order valence-corrected chi connectivity index (χ2v) is 7.98. The zero-order chi connectivity index (χ0) is 18.3. The lowest BCUT2D eigenvalue weighted by molar-refractivity contribution is 0.0751. The van der Waals surface area contributed by atoms with E-state index in [9.17, 15) is 4.79 Å². The first-order valence-corrected chi connectivity index (χ1v) is 9.66. The Balaban J connectivity index is 1.55. The number of halogens is 1. The molecule has 2 aromatic rings. The minimum atomic E-state index is -0.154. The second kappa shape index (κ2) is 7.00. The Morgan fingerprint density at radius 2 is 1.96 bits per heavy atom. The standard InChI is InChI=1S/C19H24ClN5O/c1-11-17(23-24-25(11)16-8-3-2-7-15(16)20)19(26)22-18-12-5-4-6-13(18)10-14(21)9-12/h2-3,7-8,12-14,18H,4-6,9-10,21H2,1H3,(H,22,26). The van der Waals surface area contributed by atoms with Crippen LogP contribution in [-0.2, 0) is 0 Å². The van der Waals surface area contributed by atoms with Gasteiger partial charge in [0.25, 0.3) is 5.91 Å². The number of fused-ring (bicyclic) bond motifs is 2. The third-order valence-electron chi connectivity index (χ3n) is 5.86. The quantitative estimate of drug-likeness (QED) is 0.866. The van der Waals surface area contributed by atoms with E-state index < -0.39 is 0 Å². The molecule has 3 N–H and O–H groups in total. The zero-order valence-electron chi connectivity index (χ0n) is 14.9. The largest absolute Gasteiger partial charge is 0.347 e. The van der Waals surface area contributed by atoms with E-state index in [1.165, 1.54) is 6.42 Å². The monoisotopic (exact) mass is 373 g/mol. The van der Waals surface area contributed by atoms with E-state index in [4.69, 9.17) is 17.3 Å². The molecule has 1 amide bonds. The molecule has 0 aliphatic heterocycles. The molecule has 2 unspecified atom stereocenters. The molecule has 1 aromatic carbocycles. The van der Waals surface area contributed by atoms with Crippen molar-refractivity contribution in [2.24, 2.45) is 17.6 Å². The van der Waals surface area contributed by atoms with Crippen LogP contribution in [-0.4, -0.2) is 33.0 Å². The summed E-state index contributed by atoms with van der Waals surface area (Å²) in [6, 6.07) is 7.86. The van der Waals surface area contributed by atoms with E-state index in [0.29, 0.717) is 28.2 Å². The minimum Gasteiger partial charge on any atom is -0.347 e. The summed E-state index contributed by atoms with van der Waals surface area (Å²) < 4.78 is 1.62. The van der Waals surface area contributed by atoms with Gasteiger partial charge in [-0.3, -0.25) is 4.79 Å². The number of carbonyl (C=O) groups is 1. The summed E-state index contributed by atoms with van der Waals surface area (Å²) in [5, 5.41) is 12.1. The molecule has 6 nitrogen and oxygen atoms in total. The average Bonchev–Trinajstić information content (AvgIpc) is 2.97. The van der Waals surface area contributed by atoms with Gasteiger partial charge in [0, 0.05) is 12.1 Å². The smallest absolute Gasteiger partial charge is 0.274 e. The normalized spacial score (nSPS) is 28.0. The molecule has 2 fully saturated rings. The molecular formula is C19H24ClN5O. The number of carbonyl (C=O) groups excluding carboxylic acids is 1. The van der Waals surface area contributed by atoms with E-state index >= 15 is 0 Å². The van der Waals surface area contributed by atoms with Crippen LogP contribution in [0, 0.1) is 18.8 Å².